The zero-order valence-electron chi connectivity index (χ0n) is 17.7. The number of hydrogen-bond donors (Lipinski definition) is 0. The summed E-state index contributed by atoms with van der Waals surface area (Å²) < 4.78 is 6.75. The first kappa shape index (κ1) is 22.4. The Hall–Kier alpha value is -0.636. The summed E-state index contributed by atoms with van der Waals surface area (Å²) in [5, 5.41) is 0.137. The van der Waals surface area contributed by atoms with Gasteiger partial charge in [0.1, 0.15) is 13.5 Å². The SMILES string of the molecule is C=CCCC[C@@]1(C#C[Si](C)(C)C)C(=O)CC[C@H]1O[Si](C)(C)C(C)(C)C. The second kappa shape index (κ2) is 7.94. The first-order valence-electron chi connectivity index (χ1n) is 9.61. The summed E-state index contributed by atoms with van der Waals surface area (Å²) in [6, 6.07) is 0. The van der Waals surface area contributed by atoms with Gasteiger partial charge in [0.25, 0.3) is 0 Å². The molecule has 1 rings (SSSR count). The minimum Gasteiger partial charge on any atom is -0.412 e. The molecule has 2 nitrogen and oxygen atoms in total. The van der Waals surface area contributed by atoms with Crippen molar-refractivity contribution >= 4 is 22.2 Å². The van der Waals surface area contributed by atoms with Crippen LogP contribution in [0.1, 0.15) is 52.9 Å². The van der Waals surface area contributed by atoms with Gasteiger partial charge in [0.2, 0.25) is 0 Å². The van der Waals surface area contributed by atoms with Crippen LogP contribution in [-0.4, -0.2) is 28.3 Å². The van der Waals surface area contributed by atoms with E-state index in [0.717, 1.165) is 25.7 Å². The molecule has 142 valence electrons. The van der Waals surface area contributed by atoms with E-state index in [1.165, 1.54) is 0 Å². The van der Waals surface area contributed by atoms with Gasteiger partial charge >= 0.3 is 0 Å². The summed E-state index contributed by atoms with van der Waals surface area (Å²) in [6.07, 6.45) is 5.99. The van der Waals surface area contributed by atoms with Crippen LogP contribution in [0.5, 0.6) is 0 Å². The van der Waals surface area contributed by atoms with Crippen LogP contribution in [-0.2, 0) is 9.22 Å². The number of carbonyl (C=O) groups is 1. The van der Waals surface area contributed by atoms with Crippen molar-refractivity contribution in [3.63, 3.8) is 0 Å². The van der Waals surface area contributed by atoms with E-state index in [-0.39, 0.29) is 11.1 Å². The third-order valence-corrected chi connectivity index (χ3v) is 10.9. The number of carbonyl (C=O) groups excluding carboxylic acids is 1. The summed E-state index contributed by atoms with van der Waals surface area (Å²) in [5.41, 5.74) is 2.90. The lowest BCUT2D eigenvalue weighted by atomic mass is 9.79. The maximum Gasteiger partial charge on any atom is 0.192 e. The van der Waals surface area contributed by atoms with Crippen LogP contribution in [0.3, 0.4) is 0 Å². The molecule has 0 aromatic carbocycles. The lowest BCUT2D eigenvalue weighted by Gasteiger charge is -2.42. The van der Waals surface area contributed by atoms with Crippen LogP contribution in [0.4, 0.5) is 0 Å². The second-order valence-electron chi connectivity index (χ2n) is 9.98. The zero-order valence-corrected chi connectivity index (χ0v) is 19.7. The van der Waals surface area contributed by atoms with E-state index in [1.54, 1.807) is 0 Å². The number of rotatable bonds is 6. The van der Waals surface area contributed by atoms with Crippen LogP contribution in [0.15, 0.2) is 12.7 Å². The summed E-state index contributed by atoms with van der Waals surface area (Å²) in [5.74, 6) is 3.79. The lowest BCUT2D eigenvalue weighted by Crippen LogP contribution is -2.48. The van der Waals surface area contributed by atoms with Crippen molar-refractivity contribution in [3.05, 3.63) is 12.7 Å². The smallest absolute Gasteiger partial charge is 0.192 e. The van der Waals surface area contributed by atoms with Crippen molar-refractivity contribution in [3.8, 4) is 11.5 Å². The average molecular weight is 379 g/mol. The highest BCUT2D eigenvalue weighted by Gasteiger charge is 2.52. The minimum absolute atomic E-state index is 0.0467. The normalized spacial score (nSPS) is 24.8. The number of Topliss-reactive ketones (excluding diaryl/α,β-unsaturated/α-hetero) is 1. The highest BCUT2D eigenvalue weighted by molar-refractivity contribution is 6.83. The Labute approximate surface area is 158 Å². The number of allylic oxidation sites excluding steroid dienone is 1. The molecular formula is C21H38O2Si2. The van der Waals surface area contributed by atoms with Crippen molar-refractivity contribution in [1.82, 2.24) is 0 Å². The van der Waals surface area contributed by atoms with E-state index in [2.05, 4.69) is 71.5 Å². The molecule has 0 amide bonds. The number of unbranched alkanes of at least 4 members (excludes halogenated alkanes) is 1. The van der Waals surface area contributed by atoms with E-state index in [1.807, 2.05) is 6.08 Å². The molecule has 0 aromatic rings. The number of hydrogen-bond acceptors (Lipinski definition) is 2. The summed E-state index contributed by atoms with van der Waals surface area (Å²) in [7, 11) is -3.49. The molecule has 0 N–H and O–H groups in total. The van der Waals surface area contributed by atoms with E-state index >= 15 is 0 Å². The van der Waals surface area contributed by atoms with Crippen LogP contribution >= 0.6 is 0 Å². The molecule has 25 heavy (non-hydrogen) atoms. The van der Waals surface area contributed by atoms with E-state index < -0.39 is 21.8 Å². The van der Waals surface area contributed by atoms with Crippen LogP contribution in [0, 0.1) is 16.9 Å². The summed E-state index contributed by atoms with van der Waals surface area (Å²) in [6.45, 7) is 21.8. The topological polar surface area (TPSA) is 26.3 Å². The molecule has 1 aliphatic rings. The van der Waals surface area contributed by atoms with Gasteiger partial charge in [-0.2, -0.15) is 0 Å². The lowest BCUT2D eigenvalue weighted by molar-refractivity contribution is -0.125. The van der Waals surface area contributed by atoms with E-state index in [0.29, 0.717) is 12.2 Å². The molecule has 1 aliphatic carbocycles. The van der Waals surface area contributed by atoms with Crippen LogP contribution in [0.25, 0.3) is 0 Å². The largest absolute Gasteiger partial charge is 0.412 e. The predicted molar refractivity (Wildman–Crippen MR) is 114 cm³/mol. The summed E-state index contributed by atoms with van der Waals surface area (Å²) in [4.78, 5) is 13.0. The second-order valence-corrected chi connectivity index (χ2v) is 19.5. The van der Waals surface area contributed by atoms with Gasteiger partial charge in [0.15, 0.2) is 14.1 Å². The van der Waals surface area contributed by atoms with Gasteiger partial charge in [0.05, 0.1) is 6.10 Å². The van der Waals surface area contributed by atoms with E-state index in [4.69, 9.17) is 4.43 Å². The Morgan fingerprint density at radius 1 is 1.28 bits per heavy atom. The fraction of sp³-hybridized carbons (Fsp3) is 0.762. The standard InChI is InChI=1S/C21H38O2Si2/c1-10-11-12-15-21(16-17-24(5,6)7)18(22)13-14-19(21)23-25(8,9)20(2,3)4/h10,19H,1,11-15H2,2-9H3/t19-,21-/m1/s1. The Kier molecular flexibility index (Phi) is 7.12. The molecule has 0 heterocycles. The van der Waals surface area contributed by atoms with Gasteiger partial charge < -0.3 is 4.43 Å². The molecule has 0 spiro atoms. The first-order valence-corrected chi connectivity index (χ1v) is 16.0. The first-order chi connectivity index (χ1) is 11.3. The molecule has 1 fully saturated rings. The molecule has 0 aliphatic heterocycles. The Bertz CT molecular complexity index is 555. The molecule has 1 saturated carbocycles. The van der Waals surface area contributed by atoms with Crippen LogP contribution < -0.4 is 0 Å². The van der Waals surface area contributed by atoms with Gasteiger partial charge in [-0.15, -0.1) is 12.1 Å². The molecule has 0 aromatic heterocycles. The van der Waals surface area contributed by atoms with Gasteiger partial charge in [-0.25, -0.2) is 0 Å². The van der Waals surface area contributed by atoms with Crippen molar-refractivity contribution < 1.29 is 9.22 Å². The number of ketones is 1. The molecule has 0 saturated heterocycles. The monoisotopic (exact) mass is 378 g/mol. The van der Waals surface area contributed by atoms with Gasteiger partial charge in [-0.1, -0.05) is 52.4 Å². The molecule has 0 radical (unpaired) electrons. The Balaban J connectivity index is 3.25. The van der Waals surface area contributed by atoms with Gasteiger partial charge in [-0.3, -0.25) is 4.79 Å². The maximum absolute atomic E-state index is 13.0. The maximum atomic E-state index is 13.0. The highest BCUT2D eigenvalue weighted by atomic mass is 28.4. The fourth-order valence-electron chi connectivity index (χ4n) is 2.94. The predicted octanol–water partition coefficient (Wildman–Crippen LogP) is 5.96. The quantitative estimate of drug-likeness (QED) is 0.246. The molecule has 4 heteroatoms. The van der Waals surface area contributed by atoms with E-state index in [9.17, 15) is 4.79 Å². The van der Waals surface area contributed by atoms with Crippen molar-refractivity contribution in [2.75, 3.05) is 0 Å². The Morgan fingerprint density at radius 2 is 1.88 bits per heavy atom. The third-order valence-electron chi connectivity index (χ3n) is 5.56. The van der Waals surface area contributed by atoms with Crippen molar-refractivity contribution in [2.45, 2.75) is 96.8 Å². The van der Waals surface area contributed by atoms with Crippen molar-refractivity contribution in [1.29, 1.82) is 0 Å². The average Bonchev–Trinajstić information content (AvgIpc) is 2.72. The molecule has 0 unspecified atom stereocenters. The van der Waals surface area contributed by atoms with Crippen LogP contribution in [0.2, 0.25) is 37.8 Å². The zero-order chi connectivity index (χ0) is 19.5. The third kappa shape index (κ3) is 5.67. The Morgan fingerprint density at radius 3 is 2.36 bits per heavy atom. The minimum atomic E-state index is -1.94. The summed E-state index contributed by atoms with van der Waals surface area (Å²) >= 11 is 0. The van der Waals surface area contributed by atoms with Gasteiger partial charge in [-0.05, 0) is 43.8 Å². The molecule has 0 bridgehead atoms. The van der Waals surface area contributed by atoms with Crippen molar-refractivity contribution in [2.24, 2.45) is 5.41 Å². The van der Waals surface area contributed by atoms with Gasteiger partial charge in [0, 0.05) is 6.42 Å². The highest BCUT2D eigenvalue weighted by Crippen LogP contribution is 2.46. The molecular weight excluding hydrogens is 340 g/mol. The molecule has 2 atom stereocenters. The fourth-order valence-corrected chi connectivity index (χ4v) is 4.92.